The van der Waals surface area contributed by atoms with E-state index in [0.29, 0.717) is 0 Å². The lowest BCUT2D eigenvalue weighted by Crippen LogP contribution is -2.30. The van der Waals surface area contributed by atoms with E-state index in [1.165, 1.54) is 6.92 Å². The summed E-state index contributed by atoms with van der Waals surface area (Å²) < 4.78 is 12.1. The Labute approximate surface area is 60.8 Å². The highest BCUT2D eigenvalue weighted by atomic mass is 19.1. The Morgan fingerprint density at radius 3 is 2.30 bits per heavy atom. The van der Waals surface area contributed by atoms with Crippen molar-refractivity contribution in [1.82, 2.24) is 5.32 Å². The van der Waals surface area contributed by atoms with Crippen molar-refractivity contribution < 1.29 is 9.18 Å². The average molecular weight is 147 g/mol. The van der Waals surface area contributed by atoms with Crippen molar-refractivity contribution in [2.24, 2.45) is 5.92 Å². The maximum absolute atomic E-state index is 12.1. The summed E-state index contributed by atoms with van der Waals surface area (Å²) in [5, 5.41) is 2.41. The molecule has 0 aromatic rings. The molecule has 0 aromatic heterocycles. The van der Waals surface area contributed by atoms with Gasteiger partial charge in [-0.2, -0.15) is 0 Å². The highest BCUT2D eigenvalue weighted by Crippen LogP contribution is 1.92. The molecule has 2 nitrogen and oxygen atoms in total. The van der Waals surface area contributed by atoms with Crippen LogP contribution in [-0.4, -0.2) is 18.6 Å². The van der Waals surface area contributed by atoms with Crippen LogP contribution in [-0.2, 0) is 4.79 Å². The van der Waals surface area contributed by atoms with Gasteiger partial charge >= 0.3 is 0 Å². The molecule has 0 amide bonds. The molecule has 0 aliphatic rings. The molecule has 0 heterocycles. The van der Waals surface area contributed by atoms with E-state index in [-0.39, 0.29) is 18.2 Å². The van der Waals surface area contributed by atoms with Crippen LogP contribution in [0.25, 0.3) is 0 Å². The predicted molar refractivity (Wildman–Crippen MR) is 38.4 cm³/mol. The van der Waals surface area contributed by atoms with Crippen LogP contribution in [0.1, 0.15) is 20.8 Å². The quantitative estimate of drug-likeness (QED) is 0.604. The Balaban J connectivity index is 3.40. The van der Waals surface area contributed by atoms with Gasteiger partial charge in [0.2, 0.25) is 0 Å². The molecule has 0 saturated heterocycles. The summed E-state index contributed by atoms with van der Waals surface area (Å²) in [4.78, 5) is 10.8. The minimum atomic E-state index is -1.09. The van der Waals surface area contributed by atoms with Gasteiger partial charge in [-0.15, -0.1) is 0 Å². The number of halogens is 1. The number of carbonyl (C=O) groups excluding carboxylic acids is 1. The van der Waals surface area contributed by atoms with E-state index in [1.54, 1.807) is 13.8 Å². The second-order valence-electron chi connectivity index (χ2n) is 2.62. The summed E-state index contributed by atoms with van der Waals surface area (Å²) in [6.07, 6.45) is -1.09. The molecule has 3 heteroatoms. The molecule has 0 rings (SSSR count). The number of ketones is 1. The van der Waals surface area contributed by atoms with Crippen LogP contribution in [0.3, 0.4) is 0 Å². The zero-order valence-corrected chi connectivity index (χ0v) is 6.65. The Hall–Kier alpha value is -0.440. The number of Topliss-reactive ketones (excluding diaryl/α,β-unsaturated/α-hetero) is 1. The van der Waals surface area contributed by atoms with E-state index >= 15 is 0 Å². The normalized spacial score (nSPS) is 13.7. The first-order valence-electron chi connectivity index (χ1n) is 3.44. The fourth-order valence-electron chi connectivity index (χ4n) is 0.445. The van der Waals surface area contributed by atoms with Crippen molar-refractivity contribution in [2.75, 3.05) is 6.54 Å². The van der Waals surface area contributed by atoms with Crippen molar-refractivity contribution in [3.8, 4) is 0 Å². The molecule has 0 bridgehead atoms. The first kappa shape index (κ1) is 9.56. The molecular weight excluding hydrogens is 133 g/mol. The third kappa shape index (κ3) is 4.44. The smallest absolute Gasteiger partial charge is 0.149 e. The summed E-state index contributed by atoms with van der Waals surface area (Å²) in [6, 6.07) is 0. The first-order valence-corrected chi connectivity index (χ1v) is 3.44. The van der Waals surface area contributed by atoms with E-state index in [2.05, 4.69) is 5.32 Å². The minimum Gasteiger partial charge on any atom is -0.298 e. The van der Waals surface area contributed by atoms with Gasteiger partial charge in [0.15, 0.2) is 0 Å². The topological polar surface area (TPSA) is 29.1 Å². The highest BCUT2D eigenvalue weighted by Gasteiger charge is 2.07. The van der Waals surface area contributed by atoms with Gasteiger partial charge in [0.1, 0.15) is 12.1 Å². The van der Waals surface area contributed by atoms with Gasteiger partial charge < -0.3 is 0 Å². The van der Waals surface area contributed by atoms with Gasteiger partial charge in [-0.05, 0) is 6.92 Å². The van der Waals surface area contributed by atoms with Gasteiger partial charge in [-0.25, -0.2) is 4.39 Å². The van der Waals surface area contributed by atoms with Crippen LogP contribution in [0.2, 0.25) is 0 Å². The van der Waals surface area contributed by atoms with E-state index in [9.17, 15) is 9.18 Å². The molecule has 0 saturated carbocycles. The Bertz CT molecular complexity index is 112. The molecule has 0 aliphatic heterocycles. The molecular formula is C7H14FNO. The van der Waals surface area contributed by atoms with E-state index in [1.807, 2.05) is 0 Å². The summed E-state index contributed by atoms with van der Waals surface area (Å²) in [5.74, 6) is 0.0377. The van der Waals surface area contributed by atoms with Crippen molar-refractivity contribution in [2.45, 2.75) is 27.1 Å². The minimum absolute atomic E-state index is 0.00810. The molecule has 60 valence electrons. The lowest BCUT2D eigenvalue weighted by Gasteiger charge is -2.05. The SMILES string of the molecule is CC(F)NCC(=O)C(C)C. The van der Waals surface area contributed by atoms with Gasteiger partial charge in [-0.1, -0.05) is 13.8 Å². The number of nitrogens with one attached hydrogen (secondary N) is 1. The maximum atomic E-state index is 12.1. The largest absolute Gasteiger partial charge is 0.298 e. The Kier molecular flexibility index (Phi) is 4.19. The van der Waals surface area contributed by atoms with Crippen molar-refractivity contribution in [3.63, 3.8) is 0 Å². The van der Waals surface area contributed by atoms with E-state index < -0.39 is 6.30 Å². The van der Waals surface area contributed by atoms with Crippen LogP contribution in [0.4, 0.5) is 4.39 Å². The van der Waals surface area contributed by atoms with E-state index in [0.717, 1.165) is 0 Å². The third-order valence-corrected chi connectivity index (χ3v) is 1.20. The zero-order chi connectivity index (χ0) is 8.15. The second-order valence-corrected chi connectivity index (χ2v) is 2.62. The Morgan fingerprint density at radius 1 is 1.50 bits per heavy atom. The number of rotatable bonds is 4. The van der Waals surface area contributed by atoms with Gasteiger partial charge in [0.05, 0.1) is 6.54 Å². The summed E-state index contributed by atoms with van der Waals surface area (Å²) in [5.41, 5.74) is 0. The van der Waals surface area contributed by atoms with Gasteiger partial charge in [0.25, 0.3) is 0 Å². The average Bonchev–Trinajstić information content (AvgIpc) is 1.82. The van der Waals surface area contributed by atoms with Gasteiger partial charge in [0, 0.05) is 5.92 Å². The fraction of sp³-hybridized carbons (Fsp3) is 0.857. The predicted octanol–water partition coefficient (Wildman–Crippen LogP) is 1.12. The number of carbonyl (C=O) groups is 1. The summed E-state index contributed by atoms with van der Waals surface area (Å²) in [7, 11) is 0. The molecule has 0 aliphatic carbocycles. The van der Waals surface area contributed by atoms with Crippen LogP contribution in [0.5, 0.6) is 0 Å². The lowest BCUT2D eigenvalue weighted by atomic mass is 10.1. The van der Waals surface area contributed by atoms with Crippen LogP contribution in [0, 0.1) is 5.92 Å². The highest BCUT2D eigenvalue weighted by molar-refractivity contribution is 5.82. The third-order valence-electron chi connectivity index (χ3n) is 1.20. The van der Waals surface area contributed by atoms with E-state index in [4.69, 9.17) is 0 Å². The molecule has 1 unspecified atom stereocenters. The van der Waals surface area contributed by atoms with Gasteiger partial charge in [-0.3, -0.25) is 10.1 Å². The van der Waals surface area contributed by atoms with Crippen LogP contribution >= 0.6 is 0 Å². The van der Waals surface area contributed by atoms with Crippen LogP contribution < -0.4 is 5.32 Å². The molecule has 0 fully saturated rings. The standard InChI is InChI=1S/C7H14FNO/c1-5(2)7(10)4-9-6(3)8/h5-6,9H,4H2,1-3H3. The monoisotopic (exact) mass is 147 g/mol. The van der Waals surface area contributed by atoms with Crippen molar-refractivity contribution in [1.29, 1.82) is 0 Å². The van der Waals surface area contributed by atoms with Crippen LogP contribution in [0.15, 0.2) is 0 Å². The van der Waals surface area contributed by atoms with Crippen molar-refractivity contribution >= 4 is 5.78 Å². The lowest BCUT2D eigenvalue weighted by molar-refractivity contribution is -0.121. The summed E-state index contributed by atoms with van der Waals surface area (Å²) >= 11 is 0. The molecule has 0 radical (unpaired) electrons. The summed E-state index contributed by atoms with van der Waals surface area (Å²) in [6.45, 7) is 5.10. The molecule has 10 heavy (non-hydrogen) atoms. The number of alkyl halides is 1. The molecule has 1 N–H and O–H groups in total. The number of hydrogen-bond acceptors (Lipinski definition) is 2. The second kappa shape index (κ2) is 4.39. The molecule has 1 atom stereocenters. The molecule has 0 aromatic carbocycles. The fourth-order valence-corrected chi connectivity index (χ4v) is 0.445. The first-order chi connectivity index (χ1) is 4.54. The Morgan fingerprint density at radius 2 is 2.00 bits per heavy atom. The number of hydrogen-bond donors (Lipinski definition) is 1. The maximum Gasteiger partial charge on any atom is 0.149 e. The zero-order valence-electron chi connectivity index (χ0n) is 6.65. The molecule has 0 spiro atoms. The van der Waals surface area contributed by atoms with Crippen molar-refractivity contribution in [3.05, 3.63) is 0 Å².